The molecule has 5 heterocycles. The van der Waals surface area contributed by atoms with Crippen LogP contribution in [0.4, 0.5) is 0 Å². The number of nitrogens with zero attached hydrogens (tertiary/aromatic N) is 2. The van der Waals surface area contributed by atoms with Gasteiger partial charge in [-0.15, -0.1) is 0 Å². The van der Waals surface area contributed by atoms with Gasteiger partial charge in [0.1, 0.15) is 18.2 Å². The van der Waals surface area contributed by atoms with E-state index in [0.29, 0.717) is 0 Å². The van der Waals surface area contributed by atoms with Gasteiger partial charge in [-0.25, -0.2) is 4.57 Å². The van der Waals surface area contributed by atoms with Gasteiger partial charge in [0, 0.05) is 54.7 Å². The zero-order chi connectivity index (χ0) is 41.8. The van der Waals surface area contributed by atoms with Crippen molar-refractivity contribution in [1.29, 1.82) is 0 Å². The highest BCUT2D eigenvalue weighted by atomic mass is 32.2. The predicted octanol–water partition coefficient (Wildman–Crippen LogP) is 12.3. The Hall–Kier alpha value is -5.52. The van der Waals surface area contributed by atoms with Crippen LogP contribution in [0.25, 0.3) is 71.8 Å². The first-order valence-electron chi connectivity index (χ1n) is 21.5. The van der Waals surface area contributed by atoms with Crippen molar-refractivity contribution in [2.75, 3.05) is 0 Å². The fraction of sp³-hybridized carbons (Fsp3) is 0.255. The maximum Gasteiger partial charge on any atom is 0.249 e. The first kappa shape index (κ1) is 37.5. The Bertz CT molecular complexity index is 3320. The van der Waals surface area contributed by atoms with Gasteiger partial charge in [0.25, 0.3) is 0 Å². The number of aryl methyl sites for hydroxylation is 2. The van der Waals surface area contributed by atoms with Gasteiger partial charge in [0.2, 0.25) is 12.4 Å². The first-order valence-corrected chi connectivity index (χ1v) is 22.3. The highest BCUT2D eigenvalue weighted by molar-refractivity contribution is 8.00. The van der Waals surface area contributed by atoms with Crippen molar-refractivity contribution in [3.63, 3.8) is 0 Å². The summed E-state index contributed by atoms with van der Waals surface area (Å²) in [5, 5.41) is 4.97. The average molecular weight is 800 g/mol. The van der Waals surface area contributed by atoms with E-state index in [1.807, 2.05) is 11.8 Å². The maximum absolute atomic E-state index is 6.91. The molecule has 0 spiro atoms. The van der Waals surface area contributed by atoms with Crippen molar-refractivity contribution in [3.05, 3.63) is 138 Å². The summed E-state index contributed by atoms with van der Waals surface area (Å²) in [5.74, 6) is 0. The minimum Gasteiger partial charge on any atom is -0.455 e. The van der Waals surface area contributed by atoms with Crippen LogP contribution in [-0.4, -0.2) is 11.3 Å². The molecule has 0 saturated carbocycles. The molecule has 0 radical (unpaired) electrons. The number of aromatic nitrogens is 2. The summed E-state index contributed by atoms with van der Waals surface area (Å²) in [6.07, 6.45) is 2.11. The van der Waals surface area contributed by atoms with Crippen LogP contribution in [0, 0.1) is 6.92 Å². The standard InChI is InChI=1S/C55H52BN2OS/c1-31-15-19-38-37-20-16-32(25-46(37)59-52(38)49(31)44-14-12-13-23-57(44)11)33-24-45-50-48(26-33)60-47-22-18-35(54(5,6)7)29-41(47)56(50)42-30-36(55(8,9)10)28-40-39-27-34(53(2,3)4)17-21-43(39)58(45)51(40)42/h12-30H,1-11H3/q+1. The number of fused-ring (bicyclic) bond motifs is 10. The third kappa shape index (κ3) is 5.47. The molecule has 0 atom stereocenters. The van der Waals surface area contributed by atoms with E-state index >= 15 is 0 Å². The molecule has 3 aromatic heterocycles. The third-order valence-corrected chi connectivity index (χ3v) is 14.6. The molecule has 0 bridgehead atoms. The monoisotopic (exact) mass is 799 g/mol. The average Bonchev–Trinajstić information content (AvgIpc) is 3.73. The van der Waals surface area contributed by atoms with E-state index in [1.165, 1.54) is 81.5 Å². The van der Waals surface area contributed by atoms with Gasteiger partial charge in [-0.05, 0) is 122 Å². The summed E-state index contributed by atoms with van der Waals surface area (Å²) in [6.45, 7) is 23.4. The van der Waals surface area contributed by atoms with E-state index in [4.69, 9.17) is 4.42 Å². The minimum atomic E-state index is -0.0132. The fourth-order valence-corrected chi connectivity index (χ4v) is 11.2. The quantitative estimate of drug-likeness (QED) is 0.128. The normalized spacial score (nSPS) is 13.8. The Labute approximate surface area is 358 Å². The van der Waals surface area contributed by atoms with E-state index in [2.05, 4.69) is 201 Å². The summed E-state index contributed by atoms with van der Waals surface area (Å²) in [6, 6.07) is 42.2. The molecule has 0 fully saturated rings. The molecular formula is C55H52BN2OS+. The number of furan rings is 1. The van der Waals surface area contributed by atoms with Crippen LogP contribution >= 0.6 is 11.8 Å². The van der Waals surface area contributed by atoms with E-state index in [1.54, 1.807) is 0 Å². The van der Waals surface area contributed by atoms with Gasteiger partial charge >= 0.3 is 0 Å². The molecule has 0 amide bonds. The first-order chi connectivity index (χ1) is 28.5. The van der Waals surface area contributed by atoms with Gasteiger partial charge in [-0.3, -0.25) is 0 Å². The number of hydrogen-bond donors (Lipinski definition) is 0. The molecule has 296 valence electrons. The van der Waals surface area contributed by atoms with E-state index in [0.717, 1.165) is 38.8 Å². The Morgan fingerprint density at radius 2 is 1.30 bits per heavy atom. The molecule has 0 saturated heterocycles. The Balaban J connectivity index is 1.20. The molecule has 5 heteroatoms. The van der Waals surface area contributed by atoms with Crippen LogP contribution in [0.5, 0.6) is 0 Å². The molecule has 60 heavy (non-hydrogen) atoms. The van der Waals surface area contributed by atoms with Crippen molar-refractivity contribution in [2.24, 2.45) is 7.05 Å². The van der Waals surface area contributed by atoms with Gasteiger partial charge in [-0.2, -0.15) is 0 Å². The lowest BCUT2D eigenvalue weighted by Crippen LogP contribution is -2.59. The lowest BCUT2D eigenvalue weighted by atomic mass is 9.35. The Morgan fingerprint density at radius 1 is 0.600 bits per heavy atom. The second-order valence-electron chi connectivity index (χ2n) is 20.6. The summed E-state index contributed by atoms with van der Waals surface area (Å²) in [5.41, 5.74) is 20.0. The highest BCUT2D eigenvalue weighted by Gasteiger charge is 2.41. The zero-order valence-corrected chi connectivity index (χ0v) is 37.6. The zero-order valence-electron chi connectivity index (χ0n) is 36.8. The topological polar surface area (TPSA) is 21.9 Å². The molecule has 3 nitrogen and oxygen atoms in total. The number of pyridine rings is 1. The van der Waals surface area contributed by atoms with E-state index in [-0.39, 0.29) is 23.0 Å². The number of benzene rings is 6. The summed E-state index contributed by atoms with van der Waals surface area (Å²) in [7, 11) is 2.11. The van der Waals surface area contributed by atoms with Gasteiger partial charge in [0.05, 0.1) is 11.1 Å². The molecule has 2 aliphatic heterocycles. The molecule has 2 aliphatic rings. The van der Waals surface area contributed by atoms with Crippen molar-refractivity contribution in [1.82, 2.24) is 4.57 Å². The number of hydrogen-bond acceptors (Lipinski definition) is 2. The molecule has 0 aliphatic carbocycles. The van der Waals surface area contributed by atoms with Crippen LogP contribution in [0.1, 0.15) is 84.6 Å². The Kier molecular flexibility index (Phi) is 7.82. The minimum absolute atomic E-state index is 0.0132. The second kappa shape index (κ2) is 12.5. The smallest absolute Gasteiger partial charge is 0.249 e. The van der Waals surface area contributed by atoms with Crippen LogP contribution < -0.4 is 21.0 Å². The summed E-state index contributed by atoms with van der Waals surface area (Å²) >= 11 is 1.94. The van der Waals surface area contributed by atoms with E-state index < -0.39 is 0 Å². The molecule has 6 aromatic carbocycles. The van der Waals surface area contributed by atoms with Crippen molar-refractivity contribution < 1.29 is 8.98 Å². The highest BCUT2D eigenvalue weighted by Crippen LogP contribution is 2.44. The molecule has 9 aromatic rings. The van der Waals surface area contributed by atoms with E-state index in [9.17, 15) is 0 Å². The maximum atomic E-state index is 6.91. The second-order valence-corrected chi connectivity index (χ2v) is 21.7. The summed E-state index contributed by atoms with van der Waals surface area (Å²) in [4.78, 5) is 2.68. The third-order valence-electron chi connectivity index (χ3n) is 13.5. The van der Waals surface area contributed by atoms with Gasteiger partial charge in [-0.1, -0.05) is 122 Å². The van der Waals surface area contributed by atoms with Gasteiger partial charge in [0.15, 0.2) is 6.20 Å². The predicted molar refractivity (Wildman–Crippen MR) is 256 cm³/mol. The SMILES string of the molecule is Cc1ccc2c(oc3cc(-c4cc5c6c(c4)-n4c7ccc(C(C)(C)C)cc7c7cc(C(C)(C)C)cc(c74)B6c4cc(C(C)(C)C)ccc4S5)ccc32)c1-c1cccc[n+]1C. The van der Waals surface area contributed by atoms with Crippen LogP contribution in [0.3, 0.4) is 0 Å². The lowest BCUT2D eigenvalue weighted by Gasteiger charge is -2.35. The fourth-order valence-electron chi connectivity index (χ4n) is 10.0. The molecule has 11 rings (SSSR count). The van der Waals surface area contributed by atoms with Crippen LogP contribution in [0.2, 0.25) is 0 Å². The Morgan fingerprint density at radius 3 is 2.05 bits per heavy atom. The molecule has 0 unspecified atom stereocenters. The largest absolute Gasteiger partial charge is 0.455 e. The van der Waals surface area contributed by atoms with Crippen LogP contribution in [-0.2, 0) is 23.3 Å². The molecule has 0 N–H and O–H groups in total. The van der Waals surface area contributed by atoms with Gasteiger partial charge < -0.3 is 8.98 Å². The van der Waals surface area contributed by atoms with Crippen molar-refractivity contribution in [3.8, 4) is 28.1 Å². The van der Waals surface area contributed by atoms with Crippen molar-refractivity contribution in [2.45, 2.75) is 95.3 Å². The van der Waals surface area contributed by atoms with Crippen molar-refractivity contribution >= 4 is 78.6 Å². The summed E-state index contributed by atoms with van der Waals surface area (Å²) < 4.78 is 11.7. The number of rotatable bonds is 2. The lowest BCUT2D eigenvalue weighted by molar-refractivity contribution is -0.660. The van der Waals surface area contributed by atoms with Crippen LogP contribution in [0.15, 0.2) is 130 Å². The molecular weight excluding hydrogens is 747 g/mol.